The van der Waals surface area contributed by atoms with E-state index in [0.29, 0.717) is 18.9 Å². The molecule has 0 aromatic heterocycles. The van der Waals surface area contributed by atoms with Crippen molar-refractivity contribution in [1.29, 1.82) is 0 Å². The van der Waals surface area contributed by atoms with E-state index in [1.54, 1.807) is 12.1 Å². The highest BCUT2D eigenvalue weighted by atomic mass is 19.1. The number of para-hydroxylation sites is 1. The molecule has 24 heavy (non-hydrogen) atoms. The van der Waals surface area contributed by atoms with E-state index in [1.807, 2.05) is 48.5 Å². The number of anilines is 1. The Morgan fingerprint density at radius 2 is 1.58 bits per heavy atom. The summed E-state index contributed by atoms with van der Waals surface area (Å²) in [6.45, 7) is 1.09. The fourth-order valence-corrected chi connectivity index (χ4v) is 2.32. The van der Waals surface area contributed by atoms with Crippen molar-refractivity contribution in [2.75, 3.05) is 5.43 Å². The summed E-state index contributed by atoms with van der Waals surface area (Å²) in [6, 6.07) is 24.2. The molecule has 0 atom stereocenters. The third-order valence-corrected chi connectivity index (χ3v) is 3.49. The molecule has 0 fully saturated rings. The summed E-state index contributed by atoms with van der Waals surface area (Å²) in [5.41, 5.74) is 9.53. The van der Waals surface area contributed by atoms with E-state index in [-0.39, 0.29) is 5.82 Å². The second kappa shape index (κ2) is 8.13. The van der Waals surface area contributed by atoms with Crippen molar-refractivity contribution in [3.8, 4) is 5.75 Å². The van der Waals surface area contributed by atoms with Crippen LogP contribution in [0.25, 0.3) is 0 Å². The normalized spacial score (nSPS) is 10.4. The Balaban J connectivity index is 1.52. The van der Waals surface area contributed by atoms with Crippen LogP contribution in [-0.2, 0) is 13.2 Å². The smallest absolute Gasteiger partial charge is 0.126 e. The molecule has 0 bridgehead atoms. The Bertz CT molecular complexity index is 777. The Morgan fingerprint density at radius 1 is 0.792 bits per heavy atom. The van der Waals surface area contributed by atoms with Gasteiger partial charge in [-0.3, -0.25) is 0 Å². The lowest BCUT2D eigenvalue weighted by Gasteiger charge is -2.10. The van der Waals surface area contributed by atoms with Gasteiger partial charge < -0.3 is 10.2 Å². The Morgan fingerprint density at radius 3 is 2.42 bits per heavy atom. The van der Waals surface area contributed by atoms with Gasteiger partial charge in [0.25, 0.3) is 0 Å². The number of hydrogen-bond donors (Lipinski definition) is 2. The van der Waals surface area contributed by atoms with Crippen LogP contribution in [0.4, 0.5) is 10.1 Å². The van der Waals surface area contributed by atoms with Crippen LogP contribution in [0, 0.1) is 5.82 Å². The lowest BCUT2D eigenvalue weighted by molar-refractivity contribution is 0.304. The molecule has 3 rings (SSSR count). The van der Waals surface area contributed by atoms with Gasteiger partial charge in [-0.25, -0.2) is 9.82 Å². The van der Waals surface area contributed by atoms with Gasteiger partial charge in [0.15, 0.2) is 0 Å². The van der Waals surface area contributed by atoms with Crippen LogP contribution in [0.1, 0.15) is 11.1 Å². The van der Waals surface area contributed by atoms with Crippen molar-refractivity contribution in [3.05, 3.63) is 95.8 Å². The van der Waals surface area contributed by atoms with Gasteiger partial charge in [0.2, 0.25) is 0 Å². The first kappa shape index (κ1) is 16.0. The molecule has 0 aliphatic rings. The zero-order valence-electron chi connectivity index (χ0n) is 13.2. The molecule has 3 aromatic rings. The van der Waals surface area contributed by atoms with Crippen LogP contribution in [0.3, 0.4) is 0 Å². The number of benzene rings is 3. The van der Waals surface area contributed by atoms with E-state index in [9.17, 15) is 4.39 Å². The molecule has 0 aliphatic heterocycles. The number of nitrogens with one attached hydrogen (secondary N) is 2. The van der Waals surface area contributed by atoms with E-state index in [2.05, 4.69) is 16.9 Å². The van der Waals surface area contributed by atoms with Crippen LogP contribution in [-0.4, -0.2) is 0 Å². The van der Waals surface area contributed by atoms with Crippen molar-refractivity contribution in [3.63, 3.8) is 0 Å². The van der Waals surface area contributed by atoms with E-state index >= 15 is 0 Å². The van der Waals surface area contributed by atoms with Crippen LogP contribution in [0.5, 0.6) is 5.75 Å². The van der Waals surface area contributed by atoms with Gasteiger partial charge in [-0.2, -0.15) is 0 Å². The SMILES string of the molecule is Fc1cccc(OCc2cccc(CNNc3ccccc3)c2)c1. The molecule has 0 unspecified atom stereocenters. The summed E-state index contributed by atoms with van der Waals surface area (Å²) in [5.74, 6) is 0.238. The largest absolute Gasteiger partial charge is 0.489 e. The van der Waals surface area contributed by atoms with Crippen molar-refractivity contribution in [2.24, 2.45) is 0 Å². The monoisotopic (exact) mass is 322 g/mol. The zero-order chi connectivity index (χ0) is 16.6. The molecule has 2 N–H and O–H groups in total. The summed E-state index contributed by atoms with van der Waals surface area (Å²) in [4.78, 5) is 0. The maximum Gasteiger partial charge on any atom is 0.126 e. The van der Waals surface area contributed by atoms with Gasteiger partial charge in [-0.15, -0.1) is 0 Å². The molecule has 4 heteroatoms. The zero-order valence-corrected chi connectivity index (χ0v) is 13.2. The number of halogens is 1. The van der Waals surface area contributed by atoms with E-state index in [1.165, 1.54) is 12.1 Å². The summed E-state index contributed by atoms with van der Waals surface area (Å²) >= 11 is 0. The van der Waals surface area contributed by atoms with Crippen LogP contribution in [0.2, 0.25) is 0 Å². The molecule has 3 nitrogen and oxygen atoms in total. The minimum absolute atomic E-state index is 0.294. The first-order valence-electron chi connectivity index (χ1n) is 7.80. The first-order valence-corrected chi connectivity index (χ1v) is 7.80. The molecule has 0 aliphatic carbocycles. The van der Waals surface area contributed by atoms with Gasteiger partial charge in [0.05, 0.1) is 0 Å². The molecule has 0 saturated carbocycles. The van der Waals surface area contributed by atoms with E-state index in [4.69, 9.17) is 4.74 Å². The summed E-state index contributed by atoms with van der Waals surface area (Å²) in [5, 5.41) is 0. The second-order valence-electron chi connectivity index (χ2n) is 5.41. The van der Waals surface area contributed by atoms with Crippen molar-refractivity contribution in [1.82, 2.24) is 5.43 Å². The number of hydrazine groups is 1. The van der Waals surface area contributed by atoms with Crippen molar-refractivity contribution < 1.29 is 9.13 Å². The van der Waals surface area contributed by atoms with Crippen LogP contribution >= 0.6 is 0 Å². The summed E-state index contributed by atoms with van der Waals surface area (Å²) < 4.78 is 18.8. The lowest BCUT2D eigenvalue weighted by Crippen LogP contribution is -2.20. The predicted octanol–water partition coefficient (Wildman–Crippen LogP) is 4.52. The summed E-state index contributed by atoms with van der Waals surface area (Å²) in [6.07, 6.45) is 0. The van der Waals surface area contributed by atoms with Gasteiger partial charge in [0, 0.05) is 18.3 Å². The number of hydrogen-bond acceptors (Lipinski definition) is 3. The lowest BCUT2D eigenvalue weighted by atomic mass is 10.1. The molecule has 0 radical (unpaired) electrons. The molecule has 3 aromatic carbocycles. The standard InChI is InChI=1S/C20H19FN2O/c21-18-8-5-11-20(13-18)24-15-17-7-4-6-16(12-17)14-22-23-19-9-2-1-3-10-19/h1-13,22-23H,14-15H2. The van der Waals surface area contributed by atoms with Gasteiger partial charge >= 0.3 is 0 Å². The summed E-state index contributed by atoms with van der Waals surface area (Å²) in [7, 11) is 0. The quantitative estimate of drug-likeness (QED) is 0.627. The molecule has 0 amide bonds. The topological polar surface area (TPSA) is 33.3 Å². The van der Waals surface area contributed by atoms with Gasteiger partial charge in [-0.05, 0) is 35.4 Å². The molecule has 0 spiro atoms. The van der Waals surface area contributed by atoms with Crippen LogP contribution < -0.4 is 15.6 Å². The molecule has 0 saturated heterocycles. The Hall–Kier alpha value is -2.85. The molecule has 122 valence electrons. The Labute approximate surface area is 141 Å². The molecular weight excluding hydrogens is 303 g/mol. The highest BCUT2D eigenvalue weighted by molar-refractivity contribution is 5.41. The third-order valence-electron chi connectivity index (χ3n) is 3.49. The first-order chi connectivity index (χ1) is 11.8. The minimum atomic E-state index is -0.294. The van der Waals surface area contributed by atoms with Crippen molar-refractivity contribution in [2.45, 2.75) is 13.2 Å². The third kappa shape index (κ3) is 4.83. The average Bonchev–Trinajstić information content (AvgIpc) is 2.61. The van der Waals surface area contributed by atoms with Crippen LogP contribution in [0.15, 0.2) is 78.9 Å². The highest BCUT2D eigenvalue weighted by Crippen LogP contribution is 2.15. The number of ether oxygens (including phenoxy) is 1. The van der Waals surface area contributed by atoms with Gasteiger partial charge in [0.1, 0.15) is 18.2 Å². The fraction of sp³-hybridized carbons (Fsp3) is 0.100. The van der Waals surface area contributed by atoms with E-state index in [0.717, 1.165) is 16.8 Å². The van der Waals surface area contributed by atoms with Gasteiger partial charge in [-0.1, -0.05) is 48.5 Å². The second-order valence-corrected chi connectivity index (χ2v) is 5.41. The maximum atomic E-state index is 13.1. The minimum Gasteiger partial charge on any atom is -0.489 e. The average molecular weight is 322 g/mol. The maximum absolute atomic E-state index is 13.1. The highest BCUT2D eigenvalue weighted by Gasteiger charge is 2.00. The molecule has 0 heterocycles. The number of rotatable bonds is 7. The fourth-order valence-electron chi connectivity index (χ4n) is 2.32. The van der Waals surface area contributed by atoms with Crippen molar-refractivity contribution >= 4 is 5.69 Å². The Kier molecular flexibility index (Phi) is 5.43. The molecular formula is C20H19FN2O. The predicted molar refractivity (Wildman–Crippen MR) is 94.1 cm³/mol. The van der Waals surface area contributed by atoms with E-state index < -0.39 is 0 Å².